The summed E-state index contributed by atoms with van der Waals surface area (Å²) in [7, 11) is 3.08. The van der Waals surface area contributed by atoms with E-state index in [4.69, 9.17) is 21.1 Å². The van der Waals surface area contributed by atoms with Gasteiger partial charge in [-0.1, -0.05) is 29.4 Å². The summed E-state index contributed by atoms with van der Waals surface area (Å²) in [4.78, 5) is 24.3. The predicted molar refractivity (Wildman–Crippen MR) is 119 cm³/mol. The van der Waals surface area contributed by atoms with Crippen LogP contribution in [-0.4, -0.2) is 42.7 Å². The fourth-order valence-corrected chi connectivity index (χ4v) is 3.71. The Labute approximate surface area is 182 Å². The Morgan fingerprint density at radius 1 is 1.23 bits per heavy atom. The first kappa shape index (κ1) is 21.7. The molecule has 156 valence electrons. The Morgan fingerprint density at radius 2 is 2.00 bits per heavy atom. The van der Waals surface area contributed by atoms with Gasteiger partial charge in [-0.2, -0.15) is 5.10 Å². The predicted octanol–water partition coefficient (Wildman–Crippen LogP) is 3.31. The van der Waals surface area contributed by atoms with Crippen molar-refractivity contribution in [1.29, 1.82) is 0 Å². The standard InChI is InChI=1S/C20H19ClN4O4S/c1-28-15-5-3-4-12(18(15)29-2)11-22-25-20-24-19(27)16(30-20)10-17(26)23-14-8-6-13(21)7-9-14/h3-9,11,16H,10H2,1-2H3,(H,23,26)(H,24,25,27). The lowest BCUT2D eigenvalue weighted by Gasteiger charge is -2.08. The third-order valence-corrected chi connectivity index (χ3v) is 5.38. The second kappa shape index (κ2) is 10.1. The molecule has 3 rings (SSSR count). The number of hydrogen-bond acceptors (Lipinski definition) is 7. The molecule has 0 aliphatic carbocycles. The van der Waals surface area contributed by atoms with Crippen LogP contribution in [0.1, 0.15) is 12.0 Å². The summed E-state index contributed by atoms with van der Waals surface area (Å²) in [5.41, 5.74) is 1.29. The highest BCUT2D eigenvalue weighted by Crippen LogP contribution is 2.29. The smallest absolute Gasteiger partial charge is 0.240 e. The van der Waals surface area contributed by atoms with Crippen molar-refractivity contribution >= 4 is 52.2 Å². The van der Waals surface area contributed by atoms with Crippen LogP contribution in [0.5, 0.6) is 11.5 Å². The van der Waals surface area contributed by atoms with E-state index in [1.165, 1.54) is 13.3 Å². The fraction of sp³-hybridized carbons (Fsp3) is 0.200. The van der Waals surface area contributed by atoms with Gasteiger partial charge in [0.15, 0.2) is 16.7 Å². The van der Waals surface area contributed by atoms with Gasteiger partial charge in [0.1, 0.15) is 5.25 Å². The minimum atomic E-state index is -0.586. The highest BCUT2D eigenvalue weighted by molar-refractivity contribution is 8.15. The summed E-state index contributed by atoms with van der Waals surface area (Å²) < 4.78 is 10.6. The van der Waals surface area contributed by atoms with Crippen LogP contribution in [0.25, 0.3) is 0 Å². The average Bonchev–Trinajstić information content (AvgIpc) is 3.08. The SMILES string of the molecule is COc1cccc(C=NN=C2NC(=O)C(CC(=O)Nc3ccc(Cl)cc3)S2)c1OC. The second-order valence-corrected chi connectivity index (χ2v) is 7.72. The van der Waals surface area contributed by atoms with Crippen molar-refractivity contribution in [2.45, 2.75) is 11.7 Å². The molecule has 1 atom stereocenters. The molecular formula is C20H19ClN4O4S. The van der Waals surface area contributed by atoms with Crippen molar-refractivity contribution in [2.75, 3.05) is 19.5 Å². The molecule has 0 aromatic heterocycles. The van der Waals surface area contributed by atoms with Gasteiger partial charge in [-0.15, -0.1) is 5.10 Å². The van der Waals surface area contributed by atoms with Crippen LogP contribution in [0, 0.1) is 0 Å². The van der Waals surface area contributed by atoms with E-state index in [2.05, 4.69) is 20.8 Å². The maximum Gasteiger partial charge on any atom is 0.240 e. The Hall–Kier alpha value is -3.04. The number of carbonyl (C=O) groups is 2. The molecule has 1 fully saturated rings. The molecule has 2 aromatic carbocycles. The maximum atomic E-state index is 12.2. The molecule has 10 heteroatoms. The minimum absolute atomic E-state index is 0.00552. The van der Waals surface area contributed by atoms with Crippen LogP contribution in [0.15, 0.2) is 52.7 Å². The number of amidine groups is 1. The number of ether oxygens (including phenoxy) is 2. The average molecular weight is 447 g/mol. The van der Waals surface area contributed by atoms with Crippen LogP contribution in [-0.2, 0) is 9.59 Å². The highest BCUT2D eigenvalue weighted by atomic mass is 35.5. The van der Waals surface area contributed by atoms with E-state index in [0.717, 1.165) is 11.8 Å². The summed E-state index contributed by atoms with van der Waals surface area (Å²) >= 11 is 6.98. The first-order valence-electron chi connectivity index (χ1n) is 8.85. The Kier molecular flexibility index (Phi) is 7.31. The molecule has 8 nitrogen and oxygen atoms in total. The van der Waals surface area contributed by atoms with Crippen molar-refractivity contribution in [2.24, 2.45) is 10.2 Å². The number of anilines is 1. The number of methoxy groups -OCH3 is 2. The lowest BCUT2D eigenvalue weighted by molar-refractivity contribution is -0.122. The molecule has 2 aromatic rings. The summed E-state index contributed by atoms with van der Waals surface area (Å²) in [5, 5.41) is 13.7. The lowest BCUT2D eigenvalue weighted by atomic mass is 10.2. The molecular weight excluding hydrogens is 428 g/mol. The summed E-state index contributed by atoms with van der Waals surface area (Å²) in [5.74, 6) is 0.531. The lowest BCUT2D eigenvalue weighted by Crippen LogP contribution is -2.28. The molecule has 1 aliphatic rings. The molecule has 1 unspecified atom stereocenters. The Balaban J connectivity index is 1.60. The quantitative estimate of drug-likeness (QED) is 0.502. The minimum Gasteiger partial charge on any atom is -0.493 e. The van der Waals surface area contributed by atoms with E-state index in [-0.39, 0.29) is 18.2 Å². The molecule has 1 aliphatic heterocycles. The van der Waals surface area contributed by atoms with Crippen LogP contribution < -0.4 is 20.1 Å². The van der Waals surface area contributed by atoms with E-state index in [0.29, 0.717) is 32.9 Å². The fourth-order valence-electron chi connectivity index (χ4n) is 2.66. The van der Waals surface area contributed by atoms with Crippen LogP contribution in [0.2, 0.25) is 5.02 Å². The van der Waals surface area contributed by atoms with Gasteiger partial charge in [0.25, 0.3) is 0 Å². The number of carbonyl (C=O) groups excluding carboxylic acids is 2. The Bertz CT molecular complexity index is 995. The van der Waals surface area contributed by atoms with Gasteiger partial charge in [0.2, 0.25) is 11.8 Å². The number of benzene rings is 2. The van der Waals surface area contributed by atoms with E-state index in [9.17, 15) is 9.59 Å². The zero-order valence-corrected chi connectivity index (χ0v) is 17.8. The van der Waals surface area contributed by atoms with E-state index in [1.807, 2.05) is 0 Å². The van der Waals surface area contributed by atoms with Gasteiger partial charge >= 0.3 is 0 Å². The number of nitrogens with one attached hydrogen (secondary N) is 2. The molecule has 0 spiro atoms. The number of rotatable bonds is 7. The Morgan fingerprint density at radius 3 is 2.70 bits per heavy atom. The maximum absolute atomic E-state index is 12.2. The van der Waals surface area contributed by atoms with Gasteiger partial charge in [-0.05, 0) is 36.4 Å². The summed E-state index contributed by atoms with van der Waals surface area (Å²) in [6.45, 7) is 0. The number of amides is 2. The normalized spacial score (nSPS) is 17.2. The summed E-state index contributed by atoms with van der Waals surface area (Å²) in [6, 6.07) is 12.1. The molecule has 1 saturated heterocycles. The van der Waals surface area contributed by atoms with Crippen molar-refractivity contribution < 1.29 is 19.1 Å². The molecule has 0 radical (unpaired) electrons. The topological polar surface area (TPSA) is 101 Å². The van der Waals surface area contributed by atoms with Crippen LogP contribution in [0.3, 0.4) is 0 Å². The molecule has 30 heavy (non-hydrogen) atoms. The van der Waals surface area contributed by atoms with E-state index < -0.39 is 5.25 Å². The van der Waals surface area contributed by atoms with Crippen molar-refractivity contribution in [3.8, 4) is 11.5 Å². The van der Waals surface area contributed by atoms with Gasteiger partial charge < -0.3 is 20.1 Å². The van der Waals surface area contributed by atoms with Gasteiger partial charge in [0.05, 0.1) is 20.4 Å². The number of nitrogens with zero attached hydrogens (tertiary/aromatic N) is 2. The second-order valence-electron chi connectivity index (χ2n) is 6.09. The first-order chi connectivity index (χ1) is 14.5. The zero-order valence-electron chi connectivity index (χ0n) is 16.2. The van der Waals surface area contributed by atoms with Crippen molar-refractivity contribution in [3.63, 3.8) is 0 Å². The van der Waals surface area contributed by atoms with Gasteiger partial charge in [0, 0.05) is 22.7 Å². The highest BCUT2D eigenvalue weighted by Gasteiger charge is 2.32. The largest absolute Gasteiger partial charge is 0.493 e. The van der Waals surface area contributed by atoms with Gasteiger partial charge in [-0.3, -0.25) is 9.59 Å². The van der Waals surface area contributed by atoms with Crippen molar-refractivity contribution in [3.05, 3.63) is 53.1 Å². The molecule has 1 heterocycles. The number of halogens is 1. The molecule has 2 amide bonds. The zero-order chi connectivity index (χ0) is 21.5. The monoisotopic (exact) mass is 446 g/mol. The molecule has 0 saturated carbocycles. The third-order valence-electron chi connectivity index (χ3n) is 4.05. The van der Waals surface area contributed by atoms with E-state index >= 15 is 0 Å². The third kappa shape index (κ3) is 5.52. The van der Waals surface area contributed by atoms with Crippen molar-refractivity contribution in [1.82, 2.24) is 5.32 Å². The number of hydrogen-bond donors (Lipinski definition) is 2. The summed E-state index contributed by atoms with van der Waals surface area (Å²) in [6.07, 6.45) is 1.51. The van der Waals surface area contributed by atoms with E-state index in [1.54, 1.807) is 49.6 Å². The molecule has 0 bridgehead atoms. The number of para-hydroxylation sites is 1. The van der Waals surface area contributed by atoms with Crippen LogP contribution in [0.4, 0.5) is 5.69 Å². The first-order valence-corrected chi connectivity index (χ1v) is 10.1. The van der Waals surface area contributed by atoms with Gasteiger partial charge in [-0.25, -0.2) is 0 Å². The number of thioether (sulfide) groups is 1. The van der Waals surface area contributed by atoms with Crippen LogP contribution >= 0.6 is 23.4 Å². The molecule has 2 N–H and O–H groups in total.